The topological polar surface area (TPSA) is 88.4 Å². The Morgan fingerprint density at radius 1 is 1.23 bits per heavy atom. The van der Waals surface area contributed by atoms with Crippen molar-refractivity contribution in [1.29, 1.82) is 0 Å². The molecule has 1 saturated heterocycles. The van der Waals surface area contributed by atoms with Crippen LogP contribution in [0.25, 0.3) is 6.08 Å². The smallest absolute Gasteiger partial charge is 0.335 e. The van der Waals surface area contributed by atoms with E-state index in [-0.39, 0.29) is 17.6 Å². The maximum Gasteiger partial charge on any atom is 0.335 e. The molecule has 0 aliphatic carbocycles. The summed E-state index contributed by atoms with van der Waals surface area (Å²) in [6, 6.07) is 11.8. The van der Waals surface area contributed by atoms with Crippen molar-refractivity contribution in [3.8, 4) is 11.5 Å². The van der Waals surface area contributed by atoms with Gasteiger partial charge in [0.25, 0.3) is 5.91 Å². The van der Waals surface area contributed by atoms with Gasteiger partial charge in [-0.05, 0) is 74.5 Å². The molecule has 2 aromatic carbocycles. The van der Waals surface area contributed by atoms with Crippen LogP contribution in [-0.4, -0.2) is 46.8 Å². The third kappa shape index (κ3) is 5.27. The summed E-state index contributed by atoms with van der Waals surface area (Å²) in [5.41, 5.74) is 1.42. The first-order valence-electron chi connectivity index (χ1n) is 9.80. The van der Waals surface area contributed by atoms with Crippen molar-refractivity contribution in [1.82, 2.24) is 4.90 Å². The number of amides is 1. The number of carboxylic acids is 1. The summed E-state index contributed by atoms with van der Waals surface area (Å²) in [5, 5.41) is 9.69. The Hall–Kier alpha value is -3.26. The molecule has 0 saturated carbocycles. The summed E-state index contributed by atoms with van der Waals surface area (Å²) in [6.07, 6.45) is 1.80. The Bertz CT molecular complexity index is 1060. The summed E-state index contributed by atoms with van der Waals surface area (Å²) in [7, 11) is 1.57. The first kappa shape index (κ1) is 22.4. The fourth-order valence-electron chi connectivity index (χ4n) is 2.97. The number of aliphatic imine (C=N–C) groups is 1. The number of methoxy groups -OCH3 is 1. The molecule has 31 heavy (non-hydrogen) atoms. The average Bonchev–Trinajstić information content (AvgIpc) is 3.02. The summed E-state index contributed by atoms with van der Waals surface area (Å²) in [4.78, 5) is 30.7. The van der Waals surface area contributed by atoms with Crippen LogP contribution in [0.15, 0.2) is 52.4 Å². The van der Waals surface area contributed by atoms with Gasteiger partial charge in [0, 0.05) is 6.54 Å². The first-order valence-corrected chi connectivity index (χ1v) is 10.6. The van der Waals surface area contributed by atoms with Crippen LogP contribution >= 0.6 is 11.8 Å². The molecule has 8 heteroatoms. The van der Waals surface area contributed by atoms with E-state index in [0.717, 1.165) is 5.56 Å². The number of rotatable bonds is 7. The fourth-order valence-corrected chi connectivity index (χ4v) is 4.03. The zero-order valence-corrected chi connectivity index (χ0v) is 18.6. The Labute approximate surface area is 185 Å². The monoisotopic (exact) mass is 440 g/mol. The molecule has 0 spiro atoms. The maximum atomic E-state index is 12.9. The number of nitrogens with zero attached hydrogens (tertiary/aromatic N) is 2. The maximum absolute atomic E-state index is 12.9. The minimum atomic E-state index is -1.02. The Kier molecular flexibility index (Phi) is 7.02. The predicted octanol–water partition coefficient (Wildman–Crippen LogP) is 4.80. The van der Waals surface area contributed by atoms with E-state index >= 15 is 0 Å². The molecule has 0 aromatic heterocycles. The van der Waals surface area contributed by atoms with Crippen molar-refractivity contribution >= 4 is 40.6 Å². The van der Waals surface area contributed by atoms with E-state index < -0.39 is 5.97 Å². The molecule has 1 aliphatic rings. The molecular weight excluding hydrogens is 416 g/mol. The third-order valence-electron chi connectivity index (χ3n) is 4.37. The van der Waals surface area contributed by atoms with Crippen LogP contribution in [0.2, 0.25) is 0 Å². The minimum absolute atomic E-state index is 0.0154. The molecule has 2 aromatic rings. The number of hydrogen-bond donors (Lipinski definition) is 1. The van der Waals surface area contributed by atoms with Gasteiger partial charge in [0.15, 0.2) is 16.7 Å². The van der Waals surface area contributed by atoms with Crippen LogP contribution in [0, 0.1) is 0 Å². The molecule has 1 heterocycles. The van der Waals surface area contributed by atoms with Gasteiger partial charge in [0.2, 0.25) is 0 Å². The number of carbonyl (C=O) groups is 2. The minimum Gasteiger partial charge on any atom is -0.493 e. The van der Waals surface area contributed by atoms with Gasteiger partial charge in [-0.1, -0.05) is 12.1 Å². The number of carboxylic acid groups (broad SMARTS) is 1. The van der Waals surface area contributed by atoms with Gasteiger partial charge in [-0.25, -0.2) is 9.79 Å². The average molecular weight is 441 g/mol. The molecule has 0 atom stereocenters. The van der Waals surface area contributed by atoms with E-state index in [1.54, 1.807) is 30.2 Å². The van der Waals surface area contributed by atoms with Gasteiger partial charge in [-0.3, -0.25) is 9.69 Å². The van der Waals surface area contributed by atoms with Gasteiger partial charge in [-0.15, -0.1) is 0 Å². The third-order valence-corrected chi connectivity index (χ3v) is 5.38. The van der Waals surface area contributed by atoms with Crippen molar-refractivity contribution in [2.45, 2.75) is 26.9 Å². The van der Waals surface area contributed by atoms with E-state index in [0.29, 0.717) is 33.8 Å². The second kappa shape index (κ2) is 9.70. The molecule has 162 valence electrons. The Balaban J connectivity index is 1.91. The largest absolute Gasteiger partial charge is 0.493 e. The van der Waals surface area contributed by atoms with Crippen LogP contribution in [0.4, 0.5) is 5.69 Å². The van der Waals surface area contributed by atoms with Crippen LogP contribution in [0.1, 0.15) is 36.7 Å². The number of hydrogen-bond acceptors (Lipinski definition) is 6. The Morgan fingerprint density at radius 3 is 2.65 bits per heavy atom. The zero-order valence-electron chi connectivity index (χ0n) is 17.8. The van der Waals surface area contributed by atoms with Gasteiger partial charge in [0.05, 0.1) is 29.4 Å². The van der Waals surface area contributed by atoms with Crippen molar-refractivity contribution in [3.63, 3.8) is 0 Å². The highest BCUT2D eigenvalue weighted by Gasteiger charge is 2.32. The van der Waals surface area contributed by atoms with Crippen LogP contribution in [-0.2, 0) is 4.79 Å². The van der Waals surface area contributed by atoms with Gasteiger partial charge < -0.3 is 14.6 Å². The van der Waals surface area contributed by atoms with E-state index in [1.165, 1.54) is 23.9 Å². The second-order valence-electron chi connectivity index (χ2n) is 6.99. The normalized spacial score (nSPS) is 16.4. The number of thioether (sulfide) groups is 1. The van der Waals surface area contributed by atoms with Crippen molar-refractivity contribution in [3.05, 3.63) is 58.5 Å². The molecule has 1 fully saturated rings. The molecule has 1 amide bonds. The van der Waals surface area contributed by atoms with E-state index in [9.17, 15) is 14.7 Å². The van der Waals surface area contributed by atoms with Gasteiger partial charge >= 0.3 is 5.97 Å². The van der Waals surface area contributed by atoms with Crippen molar-refractivity contribution in [2.75, 3.05) is 13.7 Å². The molecule has 7 nitrogen and oxygen atoms in total. The molecule has 0 unspecified atom stereocenters. The molecule has 1 N–H and O–H groups in total. The highest BCUT2D eigenvalue weighted by atomic mass is 32.2. The molecule has 3 rings (SSSR count). The zero-order chi connectivity index (χ0) is 22.5. The van der Waals surface area contributed by atoms with Crippen molar-refractivity contribution < 1.29 is 24.2 Å². The SMILES string of the molecule is CCN1C(=O)/C(=C\c2ccc(OC(C)C)c(OC)c2)SC1=Nc1cccc(C(=O)O)c1. The molecule has 0 bridgehead atoms. The number of likely N-dealkylation sites (N-methyl/N-ethyl adjacent to an activating group) is 1. The summed E-state index contributed by atoms with van der Waals surface area (Å²) >= 11 is 1.25. The van der Waals surface area contributed by atoms with Crippen molar-refractivity contribution in [2.24, 2.45) is 4.99 Å². The Morgan fingerprint density at radius 2 is 2.00 bits per heavy atom. The molecule has 0 radical (unpaired) electrons. The number of benzene rings is 2. The van der Waals surface area contributed by atoms with Gasteiger partial charge in [0.1, 0.15) is 0 Å². The highest BCUT2D eigenvalue weighted by Crippen LogP contribution is 2.36. The fraction of sp³-hybridized carbons (Fsp3) is 0.261. The van der Waals surface area contributed by atoms with Gasteiger partial charge in [-0.2, -0.15) is 0 Å². The lowest BCUT2D eigenvalue weighted by Crippen LogP contribution is -2.28. The number of ether oxygens (including phenoxy) is 2. The van der Waals surface area contributed by atoms with Crippen LogP contribution in [0.5, 0.6) is 11.5 Å². The summed E-state index contributed by atoms with van der Waals surface area (Å²) in [5.74, 6) is 0.0529. The lowest BCUT2D eigenvalue weighted by atomic mass is 10.2. The van der Waals surface area contributed by atoms with E-state index in [4.69, 9.17) is 9.47 Å². The number of aromatic carboxylic acids is 1. The number of carbonyl (C=O) groups excluding carboxylic acids is 1. The highest BCUT2D eigenvalue weighted by molar-refractivity contribution is 8.18. The quantitative estimate of drug-likeness (QED) is 0.622. The second-order valence-corrected chi connectivity index (χ2v) is 8.00. The molecular formula is C23H24N2O5S. The predicted molar refractivity (Wildman–Crippen MR) is 122 cm³/mol. The van der Waals surface area contributed by atoms with Crippen LogP contribution in [0.3, 0.4) is 0 Å². The number of amidine groups is 1. The molecule has 1 aliphatic heterocycles. The standard InChI is InChI=1S/C23H24N2O5S/c1-5-25-21(26)20(12-15-9-10-18(30-14(2)3)19(11-15)29-4)31-23(25)24-17-8-6-7-16(13-17)22(27)28/h6-14H,5H2,1-4H3,(H,27,28)/b20-12+,24-23?. The lowest BCUT2D eigenvalue weighted by molar-refractivity contribution is -0.122. The first-order chi connectivity index (χ1) is 14.8. The van der Waals surface area contributed by atoms with E-state index in [1.807, 2.05) is 39.0 Å². The van der Waals surface area contributed by atoms with E-state index in [2.05, 4.69) is 4.99 Å². The summed E-state index contributed by atoms with van der Waals surface area (Å²) in [6.45, 7) is 6.20. The van der Waals surface area contributed by atoms with Crippen LogP contribution < -0.4 is 9.47 Å². The summed E-state index contributed by atoms with van der Waals surface area (Å²) < 4.78 is 11.2. The lowest BCUT2D eigenvalue weighted by Gasteiger charge is -2.14.